The largest absolute Gasteiger partial charge is 0.457 e. The van der Waals surface area contributed by atoms with Gasteiger partial charge in [-0.25, -0.2) is 0 Å². The standard InChI is InChI=1S/C23H23N3O3/c27-23(25-16-13-24-26(14-16)15-17-7-5-6-12-28-17)22-18-8-1-3-10-20(18)29-21-11-4-2-9-19(21)22/h1-4,8-11,13-14,17,22H,5-7,12,15H2,(H,25,27). The number of ether oxygens (including phenoxy) is 2. The van der Waals surface area contributed by atoms with Crippen LogP contribution in [0.25, 0.3) is 0 Å². The summed E-state index contributed by atoms with van der Waals surface area (Å²) in [7, 11) is 0. The van der Waals surface area contributed by atoms with E-state index in [0.717, 1.165) is 42.1 Å². The average Bonchev–Trinajstić information content (AvgIpc) is 3.19. The van der Waals surface area contributed by atoms with Crippen LogP contribution < -0.4 is 10.1 Å². The Morgan fingerprint density at radius 3 is 2.48 bits per heavy atom. The smallest absolute Gasteiger partial charge is 0.236 e. The zero-order valence-electron chi connectivity index (χ0n) is 16.1. The topological polar surface area (TPSA) is 65.4 Å². The molecule has 3 heterocycles. The fourth-order valence-corrected chi connectivity index (χ4v) is 4.09. The second kappa shape index (κ2) is 7.72. The van der Waals surface area contributed by atoms with E-state index in [4.69, 9.17) is 9.47 Å². The maximum absolute atomic E-state index is 13.3. The van der Waals surface area contributed by atoms with Crippen molar-refractivity contribution in [3.8, 4) is 11.5 Å². The van der Waals surface area contributed by atoms with Crippen LogP contribution in [0.3, 0.4) is 0 Å². The molecule has 1 fully saturated rings. The first-order valence-electron chi connectivity index (χ1n) is 10.1. The van der Waals surface area contributed by atoms with Gasteiger partial charge in [-0.1, -0.05) is 36.4 Å². The van der Waals surface area contributed by atoms with E-state index in [2.05, 4.69) is 10.4 Å². The lowest BCUT2D eigenvalue weighted by Crippen LogP contribution is -2.25. The van der Waals surface area contributed by atoms with Crippen LogP contribution in [0.2, 0.25) is 0 Å². The normalized spacial score (nSPS) is 18.4. The summed E-state index contributed by atoms with van der Waals surface area (Å²) in [6, 6.07) is 15.4. The summed E-state index contributed by atoms with van der Waals surface area (Å²) in [4.78, 5) is 13.3. The number of nitrogens with one attached hydrogen (secondary N) is 1. The van der Waals surface area contributed by atoms with Crippen LogP contribution in [0.1, 0.15) is 36.3 Å². The van der Waals surface area contributed by atoms with Crippen LogP contribution in [0.4, 0.5) is 5.69 Å². The maximum Gasteiger partial charge on any atom is 0.236 e. The molecule has 148 valence electrons. The molecule has 2 aromatic carbocycles. The number of hydrogen-bond acceptors (Lipinski definition) is 4. The molecular weight excluding hydrogens is 366 g/mol. The summed E-state index contributed by atoms with van der Waals surface area (Å²) in [5, 5.41) is 7.43. The molecule has 0 radical (unpaired) electrons. The van der Waals surface area contributed by atoms with Gasteiger partial charge in [0.05, 0.1) is 30.5 Å². The van der Waals surface area contributed by atoms with E-state index in [1.54, 1.807) is 6.20 Å². The van der Waals surface area contributed by atoms with Gasteiger partial charge in [0.2, 0.25) is 5.91 Å². The van der Waals surface area contributed by atoms with Crippen molar-refractivity contribution in [1.29, 1.82) is 0 Å². The molecule has 5 rings (SSSR count). The molecule has 2 aliphatic heterocycles. The zero-order valence-corrected chi connectivity index (χ0v) is 16.1. The average molecular weight is 389 g/mol. The monoisotopic (exact) mass is 389 g/mol. The van der Waals surface area contributed by atoms with Crippen molar-refractivity contribution in [2.75, 3.05) is 11.9 Å². The highest BCUT2D eigenvalue weighted by Gasteiger charge is 2.32. The molecule has 6 nitrogen and oxygen atoms in total. The third-order valence-electron chi connectivity index (χ3n) is 5.51. The van der Waals surface area contributed by atoms with Gasteiger partial charge < -0.3 is 14.8 Å². The summed E-state index contributed by atoms with van der Waals surface area (Å²) < 4.78 is 13.6. The van der Waals surface area contributed by atoms with Crippen LogP contribution in [-0.2, 0) is 16.1 Å². The first-order valence-corrected chi connectivity index (χ1v) is 10.1. The number of fused-ring (bicyclic) bond motifs is 2. The highest BCUT2D eigenvalue weighted by molar-refractivity contribution is 5.99. The number of nitrogens with zero attached hydrogens (tertiary/aromatic N) is 2. The third kappa shape index (κ3) is 3.63. The van der Waals surface area contributed by atoms with Gasteiger partial charge in [-0.15, -0.1) is 0 Å². The van der Waals surface area contributed by atoms with Gasteiger partial charge >= 0.3 is 0 Å². The Morgan fingerprint density at radius 2 is 1.79 bits per heavy atom. The van der Waals surface area contributed by atoms with Crippen molar-refractivity contribution in [3.05, 3.63) is 72.1 Å². The van der Waals surface area contributed by atoms with Gasteiger partial charge in [0, 0.05) is 23.9 Å². The minimum Gasteiger partial charge on any atom is -0.457 e. The molecule has 6 heteroatoms. The predicted molar refractivity (Wildman–Crippen MR) is 109 cm³/mol. The Balaban J connectivity index is 1.36. The molecule has 1 unspecified atom stereocenters. The van der Waals surface area contributed by atoms with Crippen LogP contribution >= 0.6 is 0 Å². The number of benzene rings is 2. The van der Waals surface area contributed by atoms with E-state index < -0.39 is 5.92 Å². The number of aromatic nitrogens is 2. The first-order chi connectivity index (χ1) is 14.3. The molecule has 0 saturated carbocycles. The second-order valence-electron chi connectivity index (χ2n) is 7.54. The molecule has 1 N–H and O–H groups in total. The van der Waals surface area contributed by atoms with E-state index in [0.29, 0.717) is 12.2 Å². The van der Waals surface area contributed by atoms with E-state index in [9.17, 15) is 4.79 Å². The molecule has 1 saturated heterocycles. The van der Waals surface area contributed by atoms with E-state index in [1.807, 2.05) is 59.4 Å². The van der Waals surface area contributed by atoms with E-state index in [-0.39, 0.29) is 12.0 Å². The molecule has 29 heavy (non-hydrogen) atoms. The number of carbonyl (C=O) groups excluding carboxylic acids is 1. The Labute approximate surface area is 169 Å². The van der Waals surface area contributed by atoms with Crippen molar-refractivity contribution in [2.45, 2.75) is 37.8 Å². The molecule has 1 amide bonds. The van der Waals surface area contributed by atoms with Gasteiger partial charge in [0.1, 0.15) is 11.5 Å². The summed E-state index contributed by atoms with van der Waals surface area (Å²) in [6.07, 6.45) is 7.13. The highest BCUT2D eigenvalue weighted by atomic mass is 16.5. The summed E-state index contributed by atoms with van der Waals surface area (Å²) >= 11 is 0. The van der Waals surface area contributed by atoms with Gasteiger partial charge in [0.25, 0.3) is 0 Å². The van der Waals surface area contributed by atoms with Crippen LogP contribution in [0.5, 0.6) is 11.5 Å². The van der Waals surface area contributed by atoms with Crippen LogP contribution in [-0.4, -0.2) is 28.4 Å². The number of anilines is 1. The fraction of sp³-hybridized carbons (Fsp3) is 0.304. The molecule has 1 atom stereocenters. The Bertz CT molecular complexity index is 978. The lowest BCUT2D eigenvalue weighted by molar-refractivity contribution is -0.116. The SMILES string of the molecule is O=C(Nc1cnn(CC2CCCCO2)c1)C1c2ccccc2Oc2ccccc21. The van der Waals surface area contributed by atoms with Gasteiger partial charge in [-0.3, -0.25) is 9.48 Å². The van der Waals surface area contributed by atoms with Gasteiger partial charge in [-0.2, -0.15) is 5.10 Å². The highest BCUT2D eigenvalue weighted by Crippen LogP contribution is 2.44. The maximum atomic E-state index is 13.3. The molecule has 1 aromatic heterocycles. The van der Waals surface area contributed by atoms with Gasteiger partial charge in [-0.05, 0) is 31.4 Å². The zero-order chi connectivity index (χ0) is 19.6. The number of hydrogen-bond donors (Lipinski definition) is 1. The Kier molecular flexibility index (Phi) is 4.77. The van der Waals surface area contributed by atoms with E-state index in [1.165, 1.54) is 6.42 Å². The quantitative estimate of drug-likeness (QED) is 0.721. The Hall–Kier alpha value is -3.12. The van der Waals surface area contributed by atoms with E-state index >= 15 is 0 Å². The van der Waals surface area contributed by atoms with Gasteiger partial charge in [0.15, 0.2) is 0 Å². The summed E-state index contributed by atoms with van der Waals surface area (Å²) in [5.41, 5.74) is 2.42. The lowest BCUT2D eigenvalue weighted by atomic mass is 9.87. The van der Waals surface area contributed by atoms with Crippen LogP contribution in [0.15, 0.2) is 60.9 Å². The van der Waals surface area contributed by atoms with Crippen molar-refractivity contribution in [1.82, 2.24) is 9.78 Å². The predicted octanol–water partition coefficient (Wildman–Crippen LogP) is 4.33. The number of para-hydroxylation sites is 2. The van der Waals surface area contributed by atoms with Crippen LogP contribution in [0, 0.1) is 0 Å². The number of amides is 1. The van der Waals surface area contributed by atoms with Crippen molar-refractivity contribution >= 4 is 11.6 Å². The summed E-state index contributed by atoms with van der Waals surface area (Å²) in [5.74, 6) is 0.913. The van der Waals surface area contributed by atoms with Crippen molar-refractivity contribution < 1.29 is 14.3 Å². The van der Waals surface area contributed by atoms with Crippen molar-refractivity contribution in [2.24, 2.45) is 0 Å². The fourth-order valence-electron chi connectivity index (χ4n) is 4.09. The summed E-state index contributed by atoms with van der Waals surface area (Å²) in [6.45, 7) is 1.52. The molecule has 0 aliphatic carbocycles. The molecule has 3 aromatic rings. The second-order valence-corrected chi connectivity index (χ2v) is 7.54. The minimum atomic E-state index is -0.429. The molecule has 0 spiro atoms. The molecule has 0 bridgehead atoms. The first kappa shape index (κ1) is 17.9. The molecule has 2 aliphatic rings. The Morgan fingerprint density at radius 1 is 1.07 bits per heavy atom. The van der Waals surface area contributed by atoms with Crippen molar-refractivity contribution in [3.63, 3.8) is 0 Å². The minimum absolute atomic E-state index is 0.0957. The third-order valence-corrected chi connectivity index (χ3v) is 5.51. The lowest BCUT2D eigenvalue weighted by Gasteiger charge is -2.27. The number of rotatable bonds is 4. The number of carbonyl (C=O) groups is 1. The molecular formula is C23H23N3O3.